The fourth-order valence-corrected chi connectivity index (χ4v) is 5.74. The van der Waals surface area contributed by atoms with Crippen molar-refractivity contribution < 1.29 is 0 Å². The average Bonchev–Trinajstić information content (AvgIpc) is 3.07. The van der Waals surface area contributed by atoms with Crippen molar-refractivity contribution in [2.75, 3.05) is 6.54 Å². The Morgan fingerprint density at radius 1 is 1.44 bits per heavy atom. The van der Waals surface area contributed by atoms with Crippen LogP contribution in [0.5, 0.6) is 0 Å². The van der Waals surface area contributed by atoms with Gasteiger partial charge in [-0.2, -0.15) is 0 Å². The Bertz CT molecular complexity index is 403. The molecule has 1 aromatic heterocycles. The van der Waals surface area contributed by atoms with Gasteiger partial charge in [-0.05, 0) is 77.4 Å². The summed E-state index contributed by atoms with van der Waals surface area (Å²) < 4.78 is 1.31. The van der Waals surface area contributed by atoms with Crippen LogP contribution in [0.25, 0.3) is 0 Å². The van der Waals surface area contributed by atoms with Crippen LogP contribution < -0.4 is 5.32 Å². The Morgan fingerprint density at radius 2 is 2.33 bits per heavy atom. The van der Waals surface area contributed by atoms with Crippen LogP contribution in [0.4, 0.5) is 0 Å². The Hall–Kier alpha value is 0.140. The fourth-order valence-electron chi connectivity index (χ4n) is 3.97. The predicted octanol–water partition coefficient (Wildman–Crippen LogP) is 4.99. The second-order valence-corrected chi connectivity index (χ2v) is 7.71. The normalized spacial score (nSPS) is 32.0. The molecule has 0 radical (unpaired) electrons. The Morgan fingerprint density at radius 3 is 2.89 bits per heavy atom. The molecule has 3 heteroatoms. The lowest BCUT2D eigenvalue weighted by atomic mass is 9.82. The molecule has 1 aromatic rings. The molecule has 2 saturated carbocycles. The summed E-state index contributed by atoms with van der Waals surface area (Å²) in [5.74, 6) is 2.90. The van der Waals surface area contributed by atoms with E-state index in [2.05, 4.69) is 39.6 Å². The van der Waals surface area contributed by atoms with E-state index in [9.17, 15) is 0 Å². The molecular weight excluding hydrogens is 306 g/mol. The van der Waals surface area contributed by atoms with Gasteiger partial charge in [0.2, 0.25) is 0 Å². The first-order valence-corrected chi connectivity index (χ1v) is 8.93. The van der Waals surface area contributed by atoms with Crippen LogP contribution in [0.1, 0.15) is 49.9 Å². The molecule has 4 atom stereocenters. The van der Waals surface area contributed by atoms with Crippen LogP contribution in [0, 0.1) is 17.8 Å². The van der Waals surface area contributed by atoms with Crippen LogP contribution in [-0.4, -0.2) is 6.54 Å². The molecule has 1 N–H and O–H groups in total. The number of halogens is 1. The quantitative estimate of drug-likeness (QED) is 0.803. The van der Waals surface area contributed by atoms with E-state index >= 15 is 0 Å². The highest BCUT2D eigenvalue weighted by atomic mass is 79.9. The van der Waals surface area contributed by atoms with Gasteiger partial charge >= 0.3 is 0 Å². The van der Waals surface area contributed by atoms with E-state index in [0.717, 1.165) is 24.3 Å². The third-order valence-electron chi connectivity index (χ3n) is 4.76. The van der Waals surface area contributed by atoms with Gasteiger partial charge in [0.25, 0.3) is 0 Å². The summed E-state index contributed by atoms with van der Waals surface area (Å²) >= 11 is 5.64. The number of thiophene rings is 1. The van der Waals surface area contributed by atoms with Gasteiger partial charge in [0.15, 0.2) is 0 Å². The van der Waals surface area contributed by atoms with Gasteiger partial charge in [0, 0.05) is 15.4 Å². The largest absolute Gasteiger partial charge is 0.309 e. The van der Waals surface area contributed by atoms with E-state index in [1.165, 1.54) is 41.5 Å². The smallest absolute Gasteiger partial charge is 0.0457 e. The summed E-state index contributed by atoms with van der Waals surface area (Å²) in [6.45, 7) is 3.40. The third-order valence-corrected chi connectivity index (χ3v) is 6.72. The molecule has 4 unspecified atom stereocenters. The molecule has 0 aromatic carbocycles. The van der Waals surface area contributed by atoms with Crippen molar-refractivity contribution in [3.05, 3.63) is 20.8 Å². The van der Waals surface area contributed by atoms with Crippen molar-refractivity contribution in [2.45, 2.75) is 45.1 Å². The maximum absolute atomic E-state index is 3.82. The molecule has 1 nitrogen and oxygen atoms in total. The number of fused-ring (bicyclic) bond motifs is 2. The molecule has 18 heavy (non-hydrogen) atoms. The van der Waals surface area contributed by atoms with Crippen molar-refractivity contribution in [3.63, 3.8) is 0 Å². The van der Waals surface area contributed by atoms with Crippen molar-refractivity contribution in [2.24, 2.45) is 17.8 Å². The highest BCUT2D eigenvalue weighted by Gasteiger charge is 2.43. The summed E-state index contributed by atoms with van der Waals surface area (Å²) in [5.41, 5.74) is 0. The van der Waals surface area contributed by atoms with E-state index in [-0.39, 0.29) is 0 Å². The van der Waals surface area contributed by atoms with E-state index in [0.29, 0.717) is 6.04 Å². The highest BCUT2D eigenvalue weighted by Crippen LogP contribution is 2.53. The summed E-state index contributed by atoms with van der Waals surface area (Å²) in [5, 5.41) is 6.04. The number of hydrogen-bond acceptors (Lipinski definition) is 2. The predicted molar refractivity (Wildman–Crippen MR) is 82.0 cm³/mol. The van der Waals surface area contributed by atoms with Crippen LogP contribution in [0.2, 0.25) is 0 Å². The van der Waals surface area contributed by atoms with E-state index < -0.39 is 0 Å². The molecule has 100 valence electrons. The van der Waals surface area contributed by atoms with Gasteiger partial charge in [-0.3, -0.25) is 0 Å². The second kappa shape index (κ2) is 5.64. The first kappa shape index (κ1) is 13.1. The van der Waals surface area contributed by atoms with Crippen LogP contribution >= 0.6 is 27.3 Å². The fraction of sp³-hybridized carbons (Fsp3) is 0.733. The summed E-state index contributed by atoms with van der Waals surface area (Å²) in [6.07, 6.45) is 7.14. The topological polar surface area (TPSA) is 12.0 Å². The molecule has 2 fully saturated rings. The standard InChI is InChI=1S/C15H22BrNS/c1-2-6-17-14(15-13(16)5-7-18-15)12-9-10-3-4-11(12)8-10/h5,7,10-12,14,17H,2-4,6,8-9H2,1H3. The number of nitrogens with one attached hydrogen (secondary N) is 1. The van der Waals surface area contributed by atoms with Crippen molar-refractivity contribution in [3.8, 4) is 0 Å². The minimum Gasteiger partial charge on any atom is -0.309 e. The molecule has 2 aliphatic rings. The van der Waals surface area contributed by atoms with E-state index in [1.807, 2.05) is 11.3 Å². The van der Waals surface area contributed by atoms with Gasteiger partial charge in [0.05, 0.1) is 0 Å². The van der Waals surface area contributed by atoms with Gasteiger partial charge in [-0.25, -0.2) is 0 Å². The summed E-state index contributed by atoms with van der Waals surface area (Å²) in [4.78, 5) is 1.53. The van der Waals surface area contributed by atoms with Crippen molar-refractivity contribution in [1.29, 1.82) is 0 Å². The molecular formula is C15H22BrNS. The number of hydrogen-bond donors (Lipinski definition) is 1. The zero-order chi connectivity index (χ0) is 12.5. The Kier molecular flexibility index (Phi) is 4.12. The van der Waals surface area contributed by atoms with Crippen molar-refractivity contribution in [1.82, 2.24) is 5.32 Å². The van der Waals surface area contributed by atoms with Gasteiger partial charge in [0.1, 0.15) is 0 Å². The lowest BCUT2D eigenvalue weighted by Crippen LogP contribution is -2.31. The molecule has 0 saturated heterocycles. The molecule has 0 spiro atoms. The second-order valence-electron chi connectivity index (χ2n) is 5.90. The molecule has 3 rings (SSSR count). The van der Waals surface area contributed by atoms with Crippen molar-refractivity contribution >= 4 is 27.3 Å². The van der Waals surface area contributed by atoms with Gasteiger partial charge < -0.3 is 5.32 Å². The van der Waals surface area contributed by atoms with Gasteiger partial charge in [-0.15, -0.1) is 11.3 Å². The average molecular weight is 328 g/mol. The van der Waals surface area contributed by atoms with E-state index in [4.69, 9.17) is 0 Å². The maximum atomic E-state index is 3.82. The summed E-state index contributed by atoms with van der Waals surface area (Å²) in [6, 6.07) is 2.79. The zero-order valence-electron chi connectivity index (χ0n) is 11.0. The highest BCUT2D eigenvalue weighted by molar-refractivity contribution is 9.10. The molecule has 0 amide bonds. The first-order chi connectivity index (χ1) is 8.79. The first-order valence-electron chi connectivity index (χ1n) is 7.25. The van der Waals surface area contributed by atoms with Crippen LogP contribution in [-0.2, 0) is 0 Å². The third kappa shape index (κ3) is 2.41. The van der Waals surface area contributed by atoms with Gasteiger partial charge in [-0.1, -0.05) is 13.3 Å². The molecule has 0 aliphatic heterocycles. The molecule has 1 heterocycles. The molecule has 2 aliphatic carbocycles. The van der Waals surface area contributed by atoms with Crippen LogP contribution in [0.3, 0.4) is 0 Å². The Labute approximate surface area is 122 Å². The van der Waals surface area contributed by atoms with Crippen LogP contribution in [0.15, 0.2) is 15.9 Å². The molecule has 2 bridgehead atoms. The maximum Gasteiger partial charge on any atom is 0.0457 e. The minimum absolute atomic E-state index is 0.592. The summed E-state index contributed by atoms with van der Waals surface area (Å²) in [7, 11) is 0. The minimum atomic E-state index is 0.592. The monoisotopic (exact) mass is 327 g/mol. The zero-order valence-corrected chi connectivity index (χ0v) is 13.4. The lowest BCUT2D eigenvalue weighted by molar-refractivity contribution is 0.253. The van der Waals surface area contributed by atoms with E-state index in [1.54, 1.807) is 0 Å². The Balaban J connectivity index is 1.79. The number of rotatable bonds is 5. The lowest BCUT2D eigenvalue weighted by Gasteiger charge is -2.31. The SMILES string of the molecule is CCCNC(c1sccc1Br)C1CC2CCC1C2.